The van der Waals surface area contributed by atoms with E-state index in [0.717, 1.165) is 0 Å². The first-order valence-electron chi connectivity index (χ1n) is 1.61. The van der Waals surface area contributed by atoms with Gasteiger partial charge in [0.1, 0.15) is 0 Å². The number of rotatable bonds is 3. The van der Waals surface area contributed by atoms with Crippen molar-refractivity contribution in [1.29, 1.82) is 5.53 Å². The Labute approximate surface area is 41.2 Å². The third-order valence-corrected chi connectivity index (χ3v) is 0.394. The first-order chi connectivity index (χ1) is 3.35. The van der Waals surface area contributed by atoms with E-state index in [2.05, 4.69) is 14.9 Å². The predicted octanol–water partition coefficient (Wildman–Crippen LogP) is 0.357. The second-order valence-corrected chi connectivity index (χ2v) is 0.703. The summed E-state index contributed by atoms with van der Waals surface area (Å²) in [7, 11) is 2.70. The van der Waals surface area contributed by atoms with Gasteiger partial charge in [-0.25, -0.2) is 9.68 Å². The van der Waals surface area contributed by atoms with Gasteiger partial charge in [0.2, 0.25) is 0 Å². The summed E-state index contributed by atoms with van der Waals surface area (Å²) in [6.07, 6.45) is 0. The van der Waals surface area contributed by atoms with Crippen LogP contribution in [0.4, 0.5) is 0 Å². The molecule has 0 aliphatic heterocycles. The van der Waals surface area contributed by atoms with Crippen molar-refractivity contribution in [2.75, 3.05) is 14.2 Å². The minimum Gasteiger partial charge on any atom is -0.234 e. The summed E-state index contributed by atoms with van der Waals surface area (Å²) < 4.78 is 0. The SMILES string of the molecule is CON(N=N)OC. The van der Waals surface area contributed by atoms with Gasteiger partial charge in [-0.1, -0.05) is 0 Å². The van der Waals surface area contributed by atoms with Crippen molar-refractivity contribution in [3.8, 4) is 0 Å². The molecule has 0 radical (unpaired) electrons. The lowest BCUT2D eigenvalue weighted by Crippen LogP contribution is -2.11. The predicted molar refractivity (Wildman–Crippen MR) is 21.0 cm³/mol. The van der Waals surface area contributed by atoms with E-state index < -0.39 is 0 Å². The second kappa shape index (κ2) is 3.51. The number of hydrogen-bond acceptors (Lipinski definition) is 4. The molecular weight excluding hydrogens is 98.0 g/mol. The molecule has 0 aromatic heterocycles. The van der Waals surface area contributed by atoms with E-state index in [4.69, 9.17) is 5.53 Å². The maximum Gasteiger partial charge on any atom is 0.0683 e. The highest BCUT2D eigenvalue weighted by Crippen LogP contribution is 1.84. The van der Waals surface area contributed by atoms with Crippen LogP contribution in [0.1, 0.15) is 0 Å². The van der Waals surface area contributed by atoms with Crippen molar-refractivity contribution < 1.29 is 9.68 Å². The normalized spacial score (nSPS) is 8.29. The van der Waals surface area contributed by atoms with Crippen molar-refractivity contribution in [2.24, 2.45) is 5.22 Å². The van der Waals surface area contributed by atoms with Crippen LogP contribution in [0.3, 0.4) is 0 Å². The molecule has 5 heteroatoms. The fourth-order valence-corrected chi connectivity index (χ4v) is 0.156. The van der Waals surface area contributed by atoms with E-state index in [0.29, 0.717) is 5.34 Å². The summed E-state index contributed by atoms with van der Waals surface area (Å²) in [5.74, 6) is 0. The highest BCUT2D eigenvalue weighted by Gasteiger charge is 1.88. The van der Waals surface area contributed by atoms with Crippen LogP contribution in [0, 0.1) is 5.53 Å². The van der Waals surface area contributed by atoms with Gasteiger partial charge >= 0.3 is 0 Å². The Morgan fingerprint density at radius 3 is 1.86 bits per heavy atom. The summed E-state index contributed by atoms with van der Waals surface area (Å²) in [5, 5.41) is 3.43. The van der Waals surface area contributed by atoms with Crippen LogP contribution < -0.4 is 0 Å². The summed E-state index contributed by atoms with van der Waals surface area (Å²) in [6.45, 7) is 0. The van der Waals surface area contributed by atoms with Crippen LogP contribution in [0.15, 0.2) is 5.22 Å². The summed E-state index contributed by atoms with van der Waals surface area (Å²) in [4.78, 5) is 8.61. The molecule has 0 saturated heterocycles. The largest absolute Gasteiger partial charge is 0.234 e. The fraction of sp³-hybridized carbons (Fsp3) is 1.00. The van der Waals surface area contributed by atoms with Gasteiger partial charge in [0, 0.05) is 0 Å². The Morgan fingerprint density at radius 1 is 1.43 bits per heavy atom. The van der Waals surface area contributed by atoms with Gasteiger partial charge in [0.25, 0.3) is 0 Å². The van der Waals surface area contributed by atoms with Crippen molar-refractivity contribution >= 4 is 0 Å². The standard InChI is InChI=1S/C2H7N3O2/c1-6-5(4-3)7-2/h3H,1-2H3. The van der Waals surface area contributed by atoms with Crippen LogP contribution in [0.2, 0.25) is 0 Å². The first-order valence-corrected chi connectivity index (χ1v) is 1.61. The highest BCUT2D eigenvalue weighted by molar-refractivity contribution is 3.82. The Hall–Kier alpha value is -0.680. The van der Waals surface area contributed by atoms with Crippen LogP contribution in [-0.4, -0.2) is 19.6 Å². The van der Waals surface area contributed by atoms with Crippen molar-refractivity contribution in [2.45, 2.75) is 0 Å². The molecule has 0 rings (SSSR count). The van der Waals surface area contributed by atoms with Gasteiger partial charge in [0.05, 0.1) is 14.2 Å². The molecule has 0 aliphatic rings. The third-order valence-electron chi connectivity index (χ3n) is 0.394. The highest BCUT2D eigenvalue weighted by atomic mass is 17.0. The second-order valence-electron chi connectivity index (χ2n) is 0.703. The lowest BCUT2D eigenvalue weighted by molar-refractivity contribution is -0.350. The Kier molecular flexibility index (Phi) is 3.17. The quantitative estimate of drug-likeness (QED) is 0.416. The summed E-state index contributed by atoms with van der Waals surface area (Å²) in [5.41, 5.74) is 6.26. The van der Waals surface area contributed by atoms with Crippen molar-refractivity contribution in [3.63, 3.8) is 0 Å². The van der Waals surface area contributed by atoms with Gasteiger partial charge in [-0.15, -0.1) is 0 Å². The van der Waals surface area contributed by atoms with E-state index in [1.165, 1.54) is 14.2 Å². The minimum atomic E-state index is 0.667. The molecule has 0 unspecified atom stereocenters. The molecule has 0 aliphatic carbocycles. The van der Waals surface area contributed by atoms with E-state index in [9.17, 15) is 0 Å². The minimum absolute atomic E-state index is 0.667. The van der Waals surface area contributed by atoms with E-state index in [1.807, 2.05) is 0 Å². The fourth-order valence-electron chi connectivity index (χ4n) is 0.156. The molecule has 0 heterocycles. The van der Waals surface area contributed by atoms with E-state index in [-0.39, 0.29) is 0 Å². The number of nitrogens with one attached hydrogen (secondary N) is 1. The van der Waals surface area contributed by atoms with Crippen LogP contribution >= 0.6 is 0 Å². The molecule has 0 saturated carbocycles. The molecule has 0 spiro atoms. The Morgan fingerprint density at radius 2 is 1.86 bits per heavy atom. The van der Waals surface area contributed by atoms with Crippen LogP contribution in [-0.2, 0) is 9.68 Å². The van der Waals surface area contributed by atoms with Crippen molar-refractivity contribution in [1.82, 2.24) is 5.34 Å². The Bertz CT molecular complexity index is 52.9. The molecule has 0 aromatic carbocycles. The molecular formula is C2H7N3O2. The third kappa shape index (κ3) is 2.07. The smallest absolute Gasteiger partial charge is 0.0683 e. The molecule has 7 heavy (non-hydrogen) atoms. The van der Waals surface area contributed by atoms with Gasteiger partial charge in [0.15, 0.2) is 0 Å². The van der Waals surface area contributed by atoms with Crippen LogP contribution in [0.25, 0.3) is 0 Å². The van der Waals surface area contributed by atoms with Gasteiger partial charge in [-0.3, -0.25) is 0 Å². The van der Waals surface area contributed by atoms with Gasteiger partial charge < -0.3 is 0 Å². The van der Waals surface area contributed by atoms with Gasteiger partial charge in [-0.2, -0.15) is 5.53 Å². The first kappa shape index (κ1) is 6.32. The molecule has 0 bridgehead atoms. The molecule has 0 amide bonds. The topological polar surface area (TPSA) is 57.9 Å². The van der Waals surface area contributed by atoms with E-state index in [1.54, 1.807) is 0 Å². The number of nitrogens with zero attached hydrogens (tertiary/aromatic N) is 2. The van der Waals surface area contributed by atoms with Gasteiger partial charge in [-0.05, 0) is 10.6 Å². The zero-order valence-corrected chi connectivity index (χ0v) is 4.21. The maximum atomic E-state index is 6.26. The molecule has 42 valence electrons. The Balaban J connectivity index is 3.16. The molecule has 0 atom stereocenters. The van der Waals surface area contributed by atoms with Crippen molar-refractivity contribution in [3.05, 3.63) is 0 Å². The zero-order chi connectivity index (χ0) is 5.70. The van der Waals surface area contributed by atoms with Crippen LogP contribution in [0.5, 0.6) is 0 Å². The monoisotopic (exact) mass is 105 g/mol. The molecule has 0 aromatic rings. The molecule has 5 nitrogen and oxygen atoms in total. The lowest BCUT2D eigenvalue weighted by Gasteiger charge is -2.06. The maximum absolute atomic E-state index is 6.26. The van der Waals surface area contributed by atoms with E-state index >= 15 is 0 Å². The molecule has 1 N–H and O–H groups in total. The number of hydrogen-bond donors (Lipinski definition) is 1. The average molecular weight is 105 g/mol. The summed E-state index contributed by atoms with van der Waals surface area (Å²) in [6, 6.07) is 0. The summed E-state index contributed by atoms with van der Waals surface area (Å²) >= 11 is 0. The zero-order valence-electron chi connectivity index (χ0n) is 4.21. The average Bonchev–Trinajstić information content (AvgIpc) is 1.72. The molecule has 0 fully saturated rings. The lowest BCUT2D eigenvalue weighted by atomic mass is 11.7.